The number of piperidine rings is 1. The van der Waals surface area contributed by atoms with Crippen LogP contribution in [0, 0.1) is 12.8 Å². The summed E-state index contributed by atoms with van der Waals surface area (Å²) in [5, 5.41) is 0. The Balaban J connectivity index is 1.72. The van der Waals surface area contributed by atoms with Crippen molar-refractivity contribution in [3.8, 4) is 0 Å². The minimum Gasteiger partial charge on any atom is -0.311 e. The lowest BCUT2D eigenvalue weighted by Crippen LogP contribution is -2.40. The smallest absolute Gasteiger partial charge is 0.311 e. The number of aromatic amines is 2. The highest BCUT2D eigenvalue weighted by Crippen LogP contribution is 2.23. The van der Waals surface area contributed by atoms with Crippen LogP contribution in [0.4, 0.5) is 0 Å². The maximum absolute atomic E-state index is 12.8. The fraction of sp³-hybridized carbons (Fsp3) is 0.421. The molecule has 0 amide bonds. The summed E-state index contributed by atoms with van der Waals surface area (Å²) in [5.41, 5.74) is 1.04. The molecule has 6 nitrogen and oxygen atoms in total. The molecule has 1 unspecified atom stereocenters. The third-order valence-electron chi connectivity index (χ3n) is 4.89. The first-order valence-electron chi connectivity index (χ1n) is 8.70. The van der Waals surface area contributed by atoms with Gasteiger partial charge in [0.2, 0.25) is 0 Å². The van der Waals surface area contributed by atoms with Crippen LogP contribution in [0.2, 0.25) is 0 Å². The van der Waals surface area contributed by atoms with Crippen LogP contribution in [-0.2, 0) is 6.54 Å². The molecule has 1 fully saturated rings. The van der Waals surface area contributed by atoms with E-state index in [9.17, 15) is 14.4 Å². The Morgan fingerprint density at radius 2 is 1.96 bits per heavy atom. The molecule has 0 saturated carbocycles. The zero-order valence-electron chi connectivity index (χ0n) is 15.0. The first-order chi connectivity index (χ1) is 12.5. The van der Waals surface area contributed by atoms with Gasteiger partial charge >= 0.3 is 5.69 Å². The van der Waals surface area contributed by atoms with E-state index in [1.165, 1.54) is 0 Å². The predicted molar refractivity (Wildman–Crippen MR) is 103 cm³/mol. The first-order valence-corrected chi connectivity index (χ1v) is 9.93. The summed E-state index contributed by atoms with van der Waals surface area (Å²) >= 11 is 1.65. The van der Waals surface area contributed by atoms with Crippen molar-refractivity contribution in [2.75, 3.05) is 19.3 Å². The number of carbonyl (C=O) groups is 1. The first kappa shape index (κ1) is 18.7. The number of carbonyl (C=O) groups excluding carboxylic acids is 1. The van der Waals surface area contributed by atoms with E-state index < -0.39 is 5.69 Å². The Hall–Kier alpha value is -2.12. The van der Waals surface area contributed by atoms with Crippen molar-refractivity contribution in [2.45, 2.75) is 31.2 Å². The third-order valence-corrected chi connectivity index (χ3v) is 5.63. The van der Waals surface area contributed by atoms with Crippen molar-refractivity contribution >= 4 is 17.5 Å². The van der Waals surface area contributed by atoms with E-state index in [1.54, 1.807) is 18.7 Å². The number of benzene rings is 1. The van der Waals surface area contributed by atoms with Gasteiger partial charge in [-0.2, -0.15) is 0 Å². The summed E-state index contributed by atoms with van der Waals surface area (Å²) in [6, 6.07) is 7.73. The lowest BCUT2D eigenvalue weighted by atomic mass is 9.90. The highest BCUT2D eigenvalue weighted by atomic mass is 32.2. The fourth-order valence-electron chi connectivity index (χ4n) is 3.44. The number of likely N-dealkylation sites (tertiary alicyclic amines) is 1. The van der Waals surface area contributed by atoms with Crippen LogP contribution in [0.15, 0.2) is 38.8 Å². The van der Waals surface area contributed by atoms with E-state index in [-0.39, 0.29) is 17.3 Å². The van der Waals surface area contributed by atoms with Gasteiger partial charge in [-0.1, -0.05) is 12.1 Å². The van der Waals surface area contributed by atoms with E-state index in [0.717, 1.165) is 29.8 Å². The fourth-order valence-corrected chi connectivity index (χ4v) is 3.85. The molecule has 138 valence electrons. The van der Waals surface area contributed by atoms with Crippen LogP contribution < -0.4 is 11.2 Å². The number of aromatic nitrogens is 2. The van der Waals surface area contributed by atoms with Crippen LogP contribution in [0.1, 0.15) is 34.5 Å². The molecule has 2 aromatic rings. The van der Waals surface area contributed by atoms with E-state index in [1.807, 2.05) is 30.5 Å². The minimum atomic E-state index is -0.489. The van der Waals surface area contributed by atoms with E-state index in [2.05, 4.69) is 14.9 Å². The summed E-state index contributed by atoms with van der Waals surface area (Å²) in [4.78, 5) is 44.4. The molecule has 1 atom stereocenters. The van der Waals surface area contributed by atoms with Crippen molar-refractivity contribution in [3.05, 3.63) is 61.9 Å². The summed E-state index contributed by atoms with van der Waals surface area (Å²) in [6.07, 6.45) is 3.79. The quantitative estimate of drug-likeness (QED) is 0.620. The second kappa shape index (κ2) is 8.05. The second-order valence-electron chi connectivity index (χ2n) is 6.68. The highest BCUT2D eigenvalue weighted by molar-refractivity contribution is 7.98. The lowest BCUT2D eigenvalue weighted by molar-refractivity contribution is 0.0811. The van der Waals surface area contributed by atoms with Gasteiger partial charge in [-0.25, -0.2) is 4.79 Å². The molecule has 0 radical (unpaired) electrons. The zero-order chi connectivity index (χ0) is 18.7. The summed E-state index contributed by atoms with van der Waals surface area (Å²) < 4.78 is 0. The molecule has 1 aromatic heterocycles. The summed E-state index contributed by atoms with van der Waals surface area (Å²) in [6.45, 7) is 3.63. The van der Waals surface area contributed by atoms with Gasteiger partial charge in [-0.05, 0) is 44.7 Å². The molecule has 0 spiro atoms. The maximum Gasteiger partial charge on any atom is 0.325 e. The predicted octanol–water partition coefficient (Wildman–Crippen LogP) is 2.19. The molecule has 0 aliphatic carbocycles. The van der Waals surface area contributed by atoms with Gasteiger partial charge in [0.1, 0.15) is 0 Å². The van der Waals surface area contributed by atoms with Gasteiger partial charge < -0.3 is 4.98 Å². The van der Waals surface area contributed by atoms with Gasteiger partial charge in [0.05, 0.1) is 5.56 Å². The molecule has 1 aliphatic rings. The molecule has 0 bridgehead atoms. The number of thioether (sulfide) groups is 1. The van der Waals surface area contributed by atoms with Gasteiger partial charge in [0, 0.05) is 35.2 Å². The number of Topliss-reactive ketones (excluding diaryl/α,β-unsaturated/α-hetero) is 1. The number of ketones is 1. The molecular formula is C19H23N3O3S. The van der Waals surface area contributed by atoms with E-state index in [4.69, 9.17) is 0 Å². The van der Waals surface area contributed by atoms with Gasteiger partial charge in [-0.15, -0.1) is 11.8 Å². The normalized spacial score (nSPS) is 18.0. The summed E-state index contributed by atoms with van der Waals surface area (Å²) in [7, 11) is 0. The highest BCUT2D eigenvalue weighted by Gasteiger charge is 2.27. The summed E-state index contributed by atoms with van der Waals surface area (Å²) in [5.74, 6) is 0.0977. The Morgan fingerprint density at radius 1 is 1.23 bits per heavy atom. The topological polar surface area (TPSA) is 86.0 Å². The lowest BCUT2D eigenvalue weighted by Gasteiger charge is -2.32. The van der Waals surface area contributed by atoms with Gasteiger partial charge in [-0.3, -0.25) is 19.5 Å². The van der Waals surface area contributed by atoms with Crippen LogP contribution in [0.25, 0.3) is 0 Å². The van der Waals surface area contributed by atoms with E-state index >= 15 is 0 Å². The van der Waals surface area contributed by atoms with Crippen LogP contribution in [0.3, 0.4) is 0 Å². The molecule has 2 heterocycles. The molecule has 1 aliphatic heterocycles. The Morgan fingerprint density at radius 3 is 2.62 bits per heavy atom. The maximum atomic E-state index is 12.8. The number of rotatable bonds is 5. The van der Waals surface area contributed by atoms with Crippen LogP contribution >= 0.6 is 11.8 Å². The average molecular weight is 373 g/mol. The van der Waals surface area contributed by atoms with Crippen LogP contribution in [0.5, 0.6) is 0 Å². The monoisotopic (exact) mass is 373 g/mol. The van der Waals surface area contributed by atoms with Gasteiger partial charge in [0.15, 0.2) is 5.78 Å². The van der Waals surface area contributed by atoms with Crippen molar-refractivity contribution in [3.63, 3.8) is 0 Å². The molecular weight excluding hydrogens is 350 g/mol. The van der Waals surface area contributed by atoms with Gasteiger partial charge in [0.25, 0.3) is 5.56 Å². The second-order valence-corrected chi connectivity index (χ2v) is 7.56. The van der Waals surface area contributed by atoms with E-state index in [0.29, 0.717) is 24.3 Å². The molecule has 3 rings (SSSR count). The zero-order valence-corrected chi connectivity index (χ0v) is 15.8. The Labute approximate surface area is 156 Å². The van der Waals surface area contributed by atoms with Crippen molar-refractivity contribution in [2.24, 2.45) is 5.92 Å². The number of nitrogens with zero attached hydrogens (tertiary/aromatic N) is 1. The Bertz CT molecular complexity index is 901. The Kier molecular flexibility index (Phi) is 5.78. The molecule has 1 aromatic carbocycles. The number of hydrogen-bond donors (Lipinski definition) is 2. The number of aryl methyl sites for hydroxylation is 1. The van der Waals surface area contributed by atoms with Crippen molar-refractivity contribution < 1.29 is 4.79 Å². The van der Waals surface area contributed by atoms with Crippen molar-refractivity contribution in [1.29, 1.82) is 0 Å². The number of hydrogen-bond acceptors (Lipinski definition) is 5. The number of H-pyrrole nitrogens is 2. The standard InChI is InChI=1S/C19H23N3O3S/c1-12-16(18(24)21-19(25)20-12)11-22-9-3-4-14(10-22)17(23)13-5-7-15(26-2)8-6-13/h5-8,14H,3-4,9-11H2,1-2H3,(H2,20,21,24,25). The number of nitrogens with one attached hydrogen (secondary N) is 2. The minimum absolute atomic E-state index is 0.0639. The third kappa shape index (κ3) is 4.16. The van der Waals surface area contributed by atoms with Crippen LogP contribution in [-0.4, -0.2) is 40.0 Å². The average Bonchev–Trinajstić information content (AvgIpc) is 2.64. The molecule has 26 heavy (non-hydrogen) atoms. The molecule has 7 heteroatoms. The SMILES string of the molecule is CSc1ccc(C(=O)C2CCCN(Cc3c(C)[nH]c(=O)[nH]c3=O)C2)cc1. The largest absolute Gasteiger partial charge is 0.325 e. The molecule has 1 saturated heterocycles. The molecule has 2 N–H and O–H groups in total. The van der Waals surface area contributed by atoms with Crippen molar-refractivity contribution in [1.82, 2.24) is 14.9 Å².